The second kappa shape index (κ2) is 10.6. The summed E-state index contributed by atoms with van der Waals surface area (Å²) in [6.45, 7) is 8.31. The van der Waals surface area contributed by atoms with Crippen molar-refractivity contribution in [2.45, 2.75) is 20.8 Å². The first kappa shape index (κ1) is 24.6. The van der Waals surface area contributed by atoms with Crippen molar-refractivity contribution in [3.8, 4) is 0 Å². The summed E-state index contributed by atoms with van der Waals surface area (Å²) in [7, 11) is 0. The largest absolute Gasteiger partial charge is 0.302 e. The lowest BCUT2D eigenvalue weighted by Crippen LogP contribution is -2.39. The number of amides is 1. The monoisotopic (exact) mass is 466 g/mol. The van der Waals surface area contributed by atoms with E-state index in [1.54, 1.807) is 19.1 Å². The molecule has 7 nitrogen and oxygen atoms in total. The second-order valence-corrected chi connectivity index (χ2v) is 7.81. The number of hydrogen-bond acceptors (Lipinski definition) is 6. The molecule has 0 unspecified atom stereocenters. The lowest BCUT2D eigenvalue weighted by Gasteiger charge is -2.25. The first-order valence-corrected chi connectivity index (χ1v) is 10.5. The number of nitrogens with zero attached hydrogens (tertiary/aromatic N) is 4. The number of carbonyl (C=O) groups excluding carboxylic acids is 1. The minimum atomic E-state index is -0.493. The molecule has 0 aliphatic rings. The van der Waals surface area contributed by atoms with Gasteiger partial charge in [0.05, 0.1) is 15.1 Å². The number of fused-ring (bicyclic) bond motifs is 1. The quantitative estimate of drug-likeness (QED) is 0.342. The van der Waals surface area contributed by atoms with Gasteiger partial charge in [-0.1, -0.05) is 31.3 Å². The van der Waals surface area contributed by atoms with Gasteiger partial charge in [0.15, 0.2) is 5.13 Å². The summed E-state index contributed by atoms with van der Waals surface area (Å²) in [5.74, 6) is -0.726. The Bertz CT molecular complexity index is 1090. The zero-order chi connectivity index (χ0) is 21.8. The van der Waals surface area contributed by atoms with Crippen LogP contribution in [-0.2, 0) is 0 Å². The van der Waals surface area contributed by atoms with E-state index in [-0.39, 0.29) is 35.4 Å². The van der Waals surface area contributed by atoms with E-state index in [9.17, 15) is 19.3 Å². The summed E-state index contributed by atoms with van der Waals surface area (Å²) >= 11 is 1.23. The van der Waals surface area contributed by atoms with E-state index in [0.29, 0.717) is 34.0 Å². The van der Waals surface area contributed by atoms with Gasteiger partial charge in [-0.25, -0.2) is 9.37 Å². The average Bonchev–Trinajstić information content (AvgIpc) is 3.13. The van der Waals surface area contributed by atoms with Gasteiger partial charge in [-0.15, -0.1) is 12.4 Å². The summed E-state index contributed by atoms with van der Waals surface area (Å²) in [6.07, 6.45) is 0. The average molecular weight is 467 g/mol. The van der Waals surface area contributed by atoms with Gasteiger partial charge in [0.2, 0.25) is 0 Å². The fourth-order valence-corrected chi connectivity index (χ4v) is 4.28. The van der Waals surface area contributed by atoms with Crippen LogP contribution in [0.1, 0.15) is 29.8 Å². The maximum Gasteiger partial charge on any atom is 0.273 e. The van der Waals surface area contributed by atoms with Crippen LogP contribution in [0.5, 0.6) is 0 Å². The van der Waals surface area contributed by atoms with Gasteiger partial charge in [0.1, 0.15) is 5.82 Å². The molecule has 0 bridgehead atoms. The van der Waals surface area contributed by atoms with E-state index in [2.05, 4.69) is 9.88 Å². The number of hydrogen-bond donors (Lipinski definition) is 0. The summed E-state index contributed by atoms with van der Waals surface area (Å²) < 4.78 is 14.3. The summed E-state index contributed by atoms with van der Waals surface area (Å²) in [4.78, 5) is 32.5. The maximum atomic E-state index is 13.6. The lowest BCUT2D eigenvalue weighted by atomic mass is 10.1. The highest BCUT2D eigenvalue weighted by Gasteiger charge is 2.26. The molecular formula is C21H24ClFN4O3S. The Morgan fingerprint density at radius 2 is 1.90 bits per heavy atom. The van der Waals surface area contributed by atoms with E-state index in [0.717, 1.165) is 13.1 Å². The van der Waals surface area contributed by atoms with Gasteiger partial charge in [0.25, 0.3) is 11.6 Å². The van der Waals surface area contributed by atoms with Crippen LogP contribution in [0.2, 0.25) is 0 Å². The highest BCUT2D eigenvalue weighted by atomic mass is 35.5. The first-order valence-electron chi connectivity index (χ1n) is 9.70. The van der Waals surface area contributed by atoms with Crippen molar-refractivity contribution < 1.29 is 14.1 Å². The number of likely N-dealkylation sites (N-methyl/N-ethyl adjacent to an activating group) is 1. The molecule has 0 aliphatic heterocycles. The van der Waals surface area contributed by atoms with Crippen LogP contribution in [0, 0.1) is 22.9 Å². The Labute approximate surface area is 190 Å². The van der Waals surface area contributed by atoms with E-state index >= 15 is 0 Å². The van der Waals surface area contributed by atoms with E-state index in [4.69, 9.17) is 0 Å². The molecule has 2 aromatic carbocycles. The second-order valence-electron chi connectivity index (χ2n) is 6.80. The standard InChI is InChI=1S/C21H23FN4O3S.ClH/c1-4-24(5-2)11-12-25(21-23-17-10-9-15(22)13-19(17)30-21)20(27)16-7-6-8-18(14(16)3)26(28)29;/h6-10,13H,4-5,11-12H2,1-3H3;1H. The van der Waals surface area contributed by atoms with Crippen molar-refractivity contribution in [3.05, 3.63) is 63.5 Å². The number of thiazole rings is 1. The maximum absolute atomic E-state index is 13.6. The number of carbonyl (C=O) groups is 1. The molecule has 0 fully saturated rings. The molecule has 0 atom stereocenters. The SMILES string of the molecule is CCN(CC)CCN(C(=O)c1cccc([N+](=O)[O-])c1C)c1nc2ccc(F)cc2s1.Cl. The molecule has 0 saturated carbocycles. The molecule has 166 valence electrons. The summed E-state index contributed by atoms with van der Waals surface area (Å²) in [5, 5.41) is 11.7. The molecular weight excluding hydrogens is 443 g/mol. The van der Waals surface area contributed by atoms with Crippen LogP contribution in [0.25, 0.3) is 10.2 Å². The number of rotatable bonds is 8. The highest BCUT2D eigenvalue weighted by molar-refractivity contribution is 7.22. The fraction of sp³-hybridized carbons (Fsp3) is 0.333. The number of nitro groups is 1. The van der Waals surface area contributed by atoms with E-state index in [1.165, 1.54) is 40.5 Å². The molecule has 10 heteroatoms. The van der Waals surface area contributed by atoms with Gasteiger partial charge in [-0.2, -0.15) is 0 Å². The first-order chi connectivity index (χ1) is 14.3. The molecule has 1 aromatic heterocycles. The summed E-state index contributed by atoms with van der Waals surface area (Å²) in [5.41, 5.74) is 1.07. The minimum Gasteiger partial charge on any atom is -0.302 e. The Morgan fingerprint density at radius 3 is 2.55 bits per heavy atom. The Balaban J connectivity index is 0.00000341. The molecule has 3 rings (SSSR count). The third-order valence-electron chi connectivity index (χ3n) is 5.08. The molecule has 0 spiro atoms. The zero-order valence-electron chi connectivity index (χ0n) is 17.5. The molecule has 3 aromatic rings. The molecule has 0 radical (unpaired) electrons. The zero-order valence-corrected chi connectivity index (χ0v) is 19.1. The molecule has 0 saturated heterocycles. The Kier molecular flexibility index (Phi) is 8.43. The summed E-state index contributed by atoms with van der Waals surface area (Å²) in [6, 6.07) is 8.78. The number of halogens is 2. The predicted molar refractivity (Wildman–Crippen MR) is 124 cm³/mol. The van der Waals surface area contributed by atoms with Crippen molar-refractivity contribution in [2.24, 2.45) is 0 Å². The van der Waals surface area contributed by atoms with Crippen LogP contribution >= 0.6 is 23.7 Å². The molecule has 1 heterocycles. The minimum absolute atomic E-state index is 0. The topological polar surface area (TPSA) is 79.6 Å². The van der Waals surface area contributed by atoms with Crippen molar-refractivity contribution in [2.75, 3.05) is 31.1 Å². The van der Waals surface area contributed by atoms with Crippen LogP contribution < -0.4 is 4.90 Å². The van der Waals surface area contributed by atoms with Crippen LogP contribution in [0.3, 0.4) is 0 Å². The van der Waals surface area contributed by atoms with Gasteiger partial charge in [-0.05, 0) is 44.3 Å². The Hall–Kier alpha value is -2.62. The van der Waals surface area contributed by atoms with Gasteiger partial charge in [-0.3, -0.25) is 19.8 Å². The van der Waals surface area contributed by atoms with Gasteiger partial charge < -0.3 is 4.90 Å². The van der Waals surface area contributed by atoms with Crippen molar-refractivity contribution >= 4 is 50.7 Å². The lowest BCUT2D eigenvalue weighted by molar-refractivity contribution is -0.385. The van der Waals surface area contributed by atoms with Crippen molar-refractivity contribution in [1.29, 1.82) is 0 Å². The Morgan fingerprint density at radius 1 is 1.19 bits per heavy atom. The number of benzene rings is 2. The van der Waals surface area contributed by atoms with E-state index in [1.807, 2.05) is 13.8 Å². The molecule has 0 aliphatic carbocycles. The van der Waals surface area contributed by atoms with Crippen molar-refractivity contribution in [3.63, 3.8) is 0 Å². The number of anilines is 1. The molecule has 31 heavy (non-hydrogen) atoms. The van der Waals surface area contributed by atoms with E-state index < -0.39 is 4.92 Å². The van der Waals surface area contributed by atoms with Crippen LogP contribution in [-0.4, -0.2) is 46.9 Å². The fourth-order valence-electron chi connectivity index (χ4n) is 3.27. The van der Waals surface area contributed by atoms with Gasteiger partial charge in [0, 0.05) is 30.3 Å². The third-order valence-corrected chi connectivity index (χ3v) is 6.12. The van der Waals surface area contributed by atoms with Crippen LogP contribution in [0.4, 0.5) is 15.2 Å². The van der Waals surface area contributed by atoms with Crippen molar-refractivity contribution in [1.82, 2.24) is 9.88 Å². The highest BCUT2D eigenvalue weighted by Crippen LogP contribution is 2.31. The molecule has 1 amide bonds. The molecule has 0 N–H and O–H groups in total. The normalized spacial score (nSPS) is 10.9. The number of nitro benzene ring substituents is 1. The number of aromatic nitrogens is 1. The van der Waals surface area contributed by atoms with Crippen LogP contribution in [0.15, 0.2) is 36.4 Å². The van der Waals surface area contributed by atoms with Gasteiger partial charge >= 0.3 is 0 Å². The predicted octanol–water partition coefficient (Wildman–Crippen LogP) is 5.06. The third kappa shape index (κ3) is 5.36. The smallest absolute Gasteiger partial charge is 0.273 e.